The van der Waals surface area contributed by atoms with E-state index < -0.39 is 17.8 Å². The molecule has 0 spiro atoms. The van der Waals surface area contributed by atoms with Gasteiger partial charge in [0.2, 0.25) is 5.88 Å². The highest BCUT2D eigenvalue weighted by molar-refractivity contribution is 5.73. The number of methoxy groups -OCH3 is 1. The lowest BCUT2D eigenvalue weighted by atomic mass is 10.2. The van der Waals surface area contributed by atoms with Gasteiger partial charge < -0.3 is 9.47 Å². The number of ether oxygens (including phenoxy) is 2. The number of nitrogens with zero attached hydrogens (tertiary/aromatic N) is 1. The summed E-state index contributed by atoms with van der Waals surface area (Å²) < 4.78 is 46.7. The smallest absolute Gasteiger partial charge is 0.433 e. The van der Waals surface area contributed by atoms with Crippen molar-refractivity contribution in [3.8, 4) is 5.88 Å². The van der Waals surface area contributed by atoms with Crippen molar-refractivity contribution in [3.05, 3.63) is 23.4 Å². The van der Waals surface area contributed by atoms with Crippen molar-refractivity contribution in [2.75, 3.05) is 13.7 Å². The average Bonchev–Trinajstić information content (AvgIpc) is 2.28. The van der Waals surface area contributed by atoms with Crippen LogP contribution >= 0.6 is 0 Å². The number of aromatic nitrogens is 1. The molecule has 1 heterocycles. The van der Waals surface area contributed by atoms with Gasteiger partial charge in [0.1, 0.15) is 5.69 Å². The van der Waals surface area contributed by atoms with E-state index in [1.165, 1.54) is 7.11 Å². The molecule has 7 heteroatoms. The monoisotopic (exact) mass is 263 g/mol. The maximum atomic E-state index is 12.4. The van der Waals surface area contributed by atoms with Crippen LogP contribution in [0, 0.1) is 0 Å². The van der Waals surface area contributed by atoms with Crippen LogP contribution in [0.3, 0.4) is 0 Å². The van der Waals surface area contributed by atoms with Gasteiger partial charge in [-0.1, -0.05) is 6.07 Å². The Morgan fingerprint density at radius 2 is 2.06 bits per heavy atom. The molecule has 0 aliphatic heterocycles. The molecule has 0 N–H and O–H groups in total. The molecule has 18 heavy (non-hydrogen) atoms. The van der Waals surface area contributed by atoms with Crippen molar-refractivity contribution in [2.24, 2.45) is 0 Å². The number of hydrogen-bond donors (Lipinski definition) is 0. The van der Waals surface area contributed by atoms with E-state index in [0.29, 0.717) is 0 Å². The summed E-state index contributed by atoms with van der Waals surface area (Å²) in [7, 11) is 1.19. The number of hydrogen-bond acceptors (Lipinski definition) is 4. The van der Waals surface area contributed by atoms with Crippen LogP contribution in [0.1, 0.15) is 18.2 Å². The van der Waals surface area contributed by atoms with Gasteiger partial charge in [0.15, 0.2) is 0 Å². The molecule has 0 saturated heterocycles. The third-order valence-electron chi connectivity index (χ3n) is 2.06. The van der Waals surface area contributed by atoms with Crippen molar-refractivity contribution in [1.82, 2.24) is 4.98 Å². The van der Waals surface area contributed by atoms with Gasteiger partial charge >= 0.3 is 12.1 Å². The minimum absolute atomic E-state index is 0.178. The summed E-state index contributed by atoms with van der Waals surface area (Å²) in [5, 5.41) is 0. The van der Waals surface area contributed by atoms with Crippen LogP contribution in [0.5, 0.6) is 5.88 Å². The largest absolute Gasteiger partial charge is 0.481 e. The third-order valence-corrected chi connectivity index (χ3v) is 2.06. The first-order chi connectivity index (χ1) is 8.38. The molecule has 0 amide bonds. The van der Waals surface area contributed by atoms with E-state index >= 15 is 0 Å². The zero-order chi connectivity index (χ0) is 13.8. The highest BCUT2D eigenvalue weighted by Crippen LogP contribution is 2.30. The number of rotatable bonds is 4. The Kier molecular flexibility index (Phi) is 4.52. The Labute approximate surface area is 102 Å². The summed E-state index contributed by atoms with van der Waals surface area (Å²) in [4.78, 5) is 14.6. The second-order valence-corrected chi connectivity index (χ2v) is 3.34. The number of carbonyl (C=O) groups excluding carboxylic acids is 1. The van der Waals surface area contributed by atoms with Crippen molar-refractivity contribution < 1.29 is 27.4 Å². The molecule has 4 nitrogen and oxygen atoms in total. The molecule has 0 aliphatic rings. The lowest BCUT2D eigenvalue weighted by Crippen LogP contribution is -2.12. The molecular weight excluding hydrogens is 251 g/mol. The first kappa shape index (κ1) is 14.3. The Morgan fingerprint density at radius 1 is 1.39 bits per heavy atom. The molecule has 0 atom stereocenters. The predicted octanol–water partition coefficient (Wildman–Crippen LogP) is 2.21. The van der Waals surface area contributed by atoms with E-state index in [1.54, 1.807) is 6.92 Å². The van der Waals surface area contributed by atoms with E-state index in [0.717, 1.165) is 12.1 Å². The number of carbonyl (C=O) groups is 1. The van der Waals surface area contributed by atoms with Crippen LogP contribution in [-0.4, -0.2) is 24.7 Å². The van der Waals surface area contributed by atoms with E-state index in [2.05, 4.69) is 4.98 Å². The Bertz CT molecular complexity index is 432. The predicted molar refractivity (Wildman–Crippen MR) is 56.1 cm³/mol. The second-order valence-electron chi connectivity index (χ2n) is 3.34. The van der Waals surface area contributed by atoms with Gasteiger partial charge in [-0.25, -0.2) is 4.98 Å². The van der Waals surface area contributed by atoms with E-state index in [9.17, 15) is 18.0 Å². The van der Waals surface area contributed by atoms with E-state index in [4.69, 9.17) is 9.47 Å². The minimum atomic E-state index is -4.55. The minimum Gasteiger partial charge on any atom is -0.481 e. The highest BCUT2D eigenvalue weighted by atomic mass is 19.4. The van der Waals surface area contributed by atoms with Crippen LogP contribution in [0.4, 0.5) is 13.2 Å². The second kappa shape index (κ2) is 5.70. The number of esters is 1. The first-order valence-corrected chi connectivity index (χ1v) is 5.15. The maximum absolute atomic E-state index is 12.4. The van der Waals surface area contributed by atoms with Crippen molar-refractivity contribution in [1.29, 1.82) is 0 Å². The van der Waals surface area contributed by atoms with Crippen molar-refractivity contribution in [2.45, 2.75) is 19.5 Å². The number of pyridine rings is 1. The standard InChI is InChI=1S/C11H12F3NO3/c1-3-18-9(16)6-7-4-5-8(11(12,13)14)15-10(7)17-2/h4-5H,3,6H2,1-2H3. The fraction of sp³-hybridized carbons (Fsp3) is 0.455. The molecule has 1 aromatic heterocycles. The van der Waals surface area contributed by atoms with Gasteiger partial charge in [-0.15, -0.1) is 0 Å². The van der Waals surface area contributed by atoms with Crippen LogP contribution in [0.15, 0.2) is 12.1 Å². The summed E-state index contributed by atoms with van der Waals surface area (Å²) in [6, 6.07) is 1.96. The van der Waals surface area contributed by atoms with Crippen LogP contribution in [-0.2, 0) is 22.1 Å². The molecule has 0 aliphatic carbocycles. The summed E-state index contributed by atoms with van der Waals surface area (Å²) >= 11 is 0. The first-order valence-electron chi connectivity index (χ1n) is 5.15. The Morgan fingerprint density at radius 3 is 2.56 bits per heavy atom. The lowest BCUT2D eigenvalue weighted by Gasteiger charge is -2.11. The SMILES string of the molecule is CCOC(=O)Cc1ccc(C(F)(F)F)nc1OC. The van der Waals surface area contributed by atoms with Gasteiger partial charge in [0.25, 0.3) is 0 Å². The fourth-order valence-corrected chi connectivity index (χ4v) is 1.31. The number of alkyl halides is 3. The molecule has 0 aromatic carbocycles. The van der Waals surface area contributed by atoms with Gasteiger partial charge in [-0.3, -0.25) is 4.79 Å². The molecular formula is C11H12F3NO3. The molecule has 0 unspecified atom stereocenters. The van der Waals surface area contributed by atoms with E-state index in [-0.39, 0.29) is 24.5 Å². The molecule has 0 saturated carbocycles. The molecule has 100 valence electrons. The summed E-state index contributed by atoms with van der Waals surface area (Å²) in [5.41, 5.74) is -0.809. The Hall–Kier alpha value is -1.79. The van der Waals surface area contributed by atoms with Crippen molar-refractivity contribution >= 4 is 5.97 Å². The Balaban J connectivity index is 2.97. The quantitative estimate of drug-likeness (QED) is 0.781. The lowest BCUT2D eigenvalue weighted by molar-refractivity contribution is -0.142. The van der Waals surface area contributed by atoms with Gasteiger partial charge in [0.05, 0.1) is 20.1 Å². The third kappa shape index (κ3) is 3.61. The molecule has 0 fully saturated rings. The van der Waals surface area contributed by atoms with Crippen molar-refractivity contribution in [3.63, 3.8) is 0 Å². The van der Waals surface area contributed by atoms with Crippen LogP contribution < -0.4 is 4.74 Å². The summed E-state index contributed by atoms with van der Waals surface area (Å²) in [6.45, 7) is 1.84. The van der Waals surface area contributed by atoms with Gasteiger partial charge in [0, 0.05) is 5.56 Å². The molecule has 0 radical (unpaired) electrons. The highest BCUT2D eigenvalue weighted by Gasteiger charge is 2.33. The zero-order valence-corrected chi connectivity index (χ0v) is 9.87. The average molecular weight is 263 g/mol. The summed E-state index contributed by atoms with van der Waals surface area (Å²) in [6.07, 6.45) is -4.72. The maximum Gasteiger partial charge on any atom is 0.433 e. The van der Waals surface area contributed by atoms with Gasteiger partial charge in [-0.2, -0.15) is 13.2 Å². The molecule has 1 aromatic rings. The normalized spacial score (nSPS) is 11.2. The molecule has 1 rings (SSSR count). The van der Waals surface area contributed by atoms with Gasteiger partial charge in [-0.05, 0) is 13.0 Å². The topological polar surface area (TPSA) is 48.4 Å². The fourth-order valence-electron chi connectivity index (χ4n) is 1.31. The number of halogens is 3. The van der Waals surface area contributed by atoms with Crippen LogP contribution in [0.25, 0.3) is 0 Å². The molecule has 0 bridgehead atoms. The zero-order valence-electron chi connectivity index (χ0n) is 9.87. The summed E-state index contributed by atoms with van der Waals surface area (Å²) in [5.74, 6) is -0.768. The van der Waals surface area contributed by atoms with Crippen LogP contribution in [0.2, 0.25) is 0 Å². The van der Waals surface area contributed by atoms with E-state index in [1.807, 2.05) is 0 Å².